The van der Waals surface area contributed by atoms with Crippen LogP contribution in [0.25, 0.3) is 0 Å². The van der Waals surface area contributed by atoms with Gasteiger partial charge < -0.3 is 10.6 Å². The molecule has 1 spiro atoms. The first-order valence-corrected chi connectivity index (χ1v) is 11.3. The Labute approximate surface area is 168 Å². The number of rotatable bonds is 2. The summed E-state index contributed by atoms with van der Waals surface area (Å²) in [5.74, 6) is 0.998. The third-order valence-electron chi connectivity index (χ3n) is 5.08. The van der Waals surface area contributed by atoms with Gasteiger partial charge in [-0.1, -0.05) is 53.5 Å². The van der Waals surface area contributed by atoms with Gasteiger partial charge in [-0.15, -0.1) is 0 Å². The smallest absolute Gasteiger partial charge is 0.150 e. The van der Waals surface area contributed by atoms with Crippen molar-refractivity contribution in [3.8, 4) is 0 Å². The minimum absolute atomic E-state index is 0.128. The molecule has 0 aliphatic carbocycles. The zero-order chi connectivity index (χ0) is 19.1. The average Bonchev–Trinajstić information content (AvgIpc) is 2.65. The molecule has 0 bridgehead atoms. The fourth-order valence-electron chi connectivity index (χ4n) is 3.51. The fraction of sp³-hybridized carbons (Fsp3) is 0.316. The molecule has 2 aliphatic heterocycles. The van der Waals surface area contributed by atoms with E-state index in [4.69, 9.17) is 28.2 Å². The highest BCUT2D eigenvalue weighted by Gasteiger charge is 2.44. The van der Waals surface area contributed by atoms with E-state index in [0.29, 0.717) is 35.1 Å². The largest absolute Gasteiger partial charge is 0.371 e. The van der Waals surface area contributed by atoms with Gasteiger partial charge in [0.15, 0.2) is 9.84 Å². The zero-order valence-electron chi connectivity index (χ0n) is 14.5. The van der Waals surface area contributed by atoms with Gasteiger partial charge in [-0.3, -0.25) is 0 Å². The number of hydrogen-bond donors (Lipinski definition) is 2. The van der Waals surface area contributed by atoms with Gasteiger partial charge in [0.1, 0.15) is 5.84 Å². The summed E-state index contributed by atoms with van der Waals surface area (Å²) in [6.07, 6.45) is 0.908. The van der Waals surface area contributed by atoms with Crippen LogP contribution in [0.3, 0.4) is 0 Å². The van der Waals surface area contributed by atoms with Gasteiger partial charge in [0.05, 0.1) is 38.5 Å². The third-order valence-corrected chi connectivity index (χ3v) is 7.45. The number of sulfone groups is 1. The van der Waals surface area contributed by atoms with Crippen molar-refractivity contribution in [3.63, 3.8) is 0 Å². The van der Waals surface area contributed by atoms with E-state index < -0.39 is 15.4 Å². The fourth-order valence-corrected chi connectivity index (χ4v) is 5.36. The van der Waals surface area contributed by atoms with Gasteiger partial charge in [0.25, 0.3) is 0 Å². The van der Waals surface area contributed by atoms with Crippen molar-refractivity contribution in [2.75, 3.05) is 16.8 Å². The summed E-state index contributed by atoms with van der Waals surface area (Å²) < 4.78 is 24.0. The molecule has 8 heteroatoms. The number of fused-ring (bicyclic) bond motifs is 1. The van der Waals surface area contributed by atoms with E-state index in [9.17, 15) is 8.42 Å². The van der Waals surface area contributed by atoms with E-state index in [2.05, 4.69) is 10.6 Å². The number of benzene rings is 2. The number of hydrogen-bond acceptors (Lipinski definition) is 5. The Bertz CT molecular complexity index is 993. The standard InChI is InChI=1S/C19H19Cl2N3O2S/c20-14-10-16-17(11-15(14)21)24-19(6-8-27(25,26)9-7-19)18(23-16)22-12-13-4-2-1-3-5-13/h1-5,10-11,24H,6-9,12H2,(H,22,23). The Kier molecular flexibility index (Phi) is 4.82. The van der Waals surface area contributed by atoms with Crippen molar-refractivity contribution in [2.45, 2.75) is 24.9 Å². The van der Waals surface area contributed by atoms with Crippen molar-refractivity contribution in [1.82, 2.24) is 5.32 Å². The minimum atomic E-state index is -3.01. The molecule has 0 aromatic heterocycles. The molecule has 4 rings (SSSR count). The molecule has 1 fully saturated rings. The van der Waals surface area contributed by atoms with Crippen molar-refractivity contribution >= 4 is 50.2 Å². The van der Waals surface area contributed by atoms with E-state index in [1.54, 1.807) is 12.1 Å². The van der Waals surface area contributed by atoms with E-state index >= 15 is 0 Å². The summed E-state index contributed by atoms with van der Waals surface area (Å²) in [6, 6.07) is 13.5. The van der Waals surface area contributed by atoms with Crippen LogP contribution < -0.4 is 10.6 Å². The van der Waals surface area contributed by atoms with E-state index in [0.717, 1.165) is 17.1 Å². The van der Waals surface area contributed by atoms with Crippen LogP contribution in [-0.2, 0) is 16.4 Å². The van der Waals surface area contributed by atoms with Crippen LogP contribution in [0.5, 0.6) is 0 Å². The molecule has 0 saturated carbocycles. The molecule has 2 aromatic carbocycles. The first-order chi connectivity index (χ1) is 12.9. The first kappa shape index (κ1) is 18.6. The van der Waals surface area contributed by atoms with Crippen molar-refractivity contribution in [1.29, 1.82) is 0 Å². The van der Waals surface area contributed by atoms with Crippen molar-refractivity contribution in [2.24, 2.45) is 4.99 Å². The van der Waals surface area contributed by atoms with Crippen LogP contribution in [0.2, 0.25) is 10.0 Å². The van der Waals surface area contributed by atoms with Crippen LogP contribution >= 0.6 is 23.2 Å². The summed E-state index contributed by atoms with van der Waals surface area (Å²) in [5, 5.41) is 7.80. The van der Waals surface area contributed by atoms with Gasteiger partial charge in [-0.25, -0.2) is 13.4 Å². The van der Waals surface area contributed by atoms with Crippen LogP contribution in [0.4, 0.5) is 11.4 Å². The topological polar surface area (TPSA) is 70.6 Å². The van der Waals surface area contributed by atoms with Gasteiger partial charge in [-0.05, 0) is 30.5 Å². The summed E-state index contributed by atoms with van der Waals surface area (Å²) in [6.45, 7) is 0.604. The Morgan fingerprint density at radius 3 is 2.44 bits per heavy atom. The maximum Gasteiger partial charge on any atom is 0.150 e. The van der Waals surface area contributed by atoms with Crippen LogP contribution in [0, 0.1) is 0 Å². The predicted octanol–water partition coefficient (Wildman–Crippen LogP) is 4.19. The Hall–Kier alpha value is -1.76. The van der Waals surface area contributed by atoms with Crippen molar-refractivity contribution in [3.05, 3.63) is 58.1 Å². The van der Waals surface area contributed by atoms with Gasteiger partial charge >= 0.3 is 0 Å². The lowest BCUT2D eigenvalue weighted by molar-refractivity contribution is 0.505. The molecule has 2 aromatic rings. The summed E-state index contributed by atoms with van der Waals surface area (Å²) in [5.41, 5.74) is 2.04. The minimum Gasteiger partial charge on any atom is -0.371 e. The van der Waals surface area contributed by atoms with Crippen LogP contribution in [0.1, 0.15) is 18.4 Å². The van der Waals surface area contributed by atoms with Gasteiger partial charge in [-0.2, -0.15) is 0 Å². The average molecular weight is 424 g/mol. The predicted molar refractivity (Wildman–Crippen MR) is 111 cm³/mol. The lowest BCUT2D eigenvalue weighted by Gasteiger charge is -2.42. The molecular weight excluding hydrogens is 405 g/mol. The lowest BCUT2D eigenvalue weighted by atomic mass is 9.88. The maximum atomic E-state index is 12.0. The zero-order valence-corrected chi connectivity index (χ0v) is 16.8. The molecule has 142 valence electrons. The molecule has 0 amide bonds. The van der Waals surface area contributed by atoms with E-state index in [-0.39, 0.29) is 11.5 Å². The van der Waals surface area contributed by atoms with Crippen LogP contribution in [-0.4, -0.2) is 31.3 Å². The van der Waals surface area contributed by atoms with Gasteiger partial charge in [0, 0.05) is 6.54 Å². The second kappa shape index (κ2) is 7.00. The van der Waals surface area contributed by atoms with E-state index in [1.165, 1.54) is 0 Å². The molecule has 2 N–H and O–H groups in total. The molecular formula is C19H19Cl2N3O2S. The molecule has 5 nitrogen and oxygen atoms in total. The molecule has 1 saturated heterocycles. The molecule has 27 heavy (non-hydrogen) atoms. The highest BCUT2D eigenvalue weighted by atomic mass is 35.5. The summed E-state index contributed by atoms with van der Waals surface area (Å²) in [7, 11) is -3.01. The normalized spacial score (nSPS) is 19.7. The second-order valence-electron chi connectivity index (χ2n) is 6.94. The third kappa shape index (κ3) is 3.79. The molecule has 0 unspecified atom stereocenters. The maximum absolute atomic E-state index is 12.0. The number of nitrogens with one attached hydrogen (secondary N) is 2. The highest BCUT2D eigenvalue weighted by molar-refractivity contribution is 7.91. The summed E-state index contributed by atoms with van der Waals surface area (Å²) in [4.78, 5) is 4.79. The Balaban J connectivity index is 1.69. The van der Waals surface area contributed by atoms with Crippen molar-refractivity contribution < 1.29 is 8.42 Å². The number of halogens is 2. The monoisotopic (exact) mass is 423 g/mol. The quantitative estimate of drug-likeness (QED) is 0.759. The first-order valence-electron chi connectivity index (χ1n) is 8.72. The highest BCUT2D eigenvalue weighted by Crippen LogP contribution is 2.42. The number of amidine groups is 1. The number of aliphatic imine (C=N–C) groups is 1. The van der Waals surface area contributed by atoms with E-state index in [1.807, 2.05) is 30.3 Å². The number of anilines is 1. The van der Waals surface area contributed by atoms with Crippen LogP contribution in [0.15, 0.2) is 47.5 Å². The SMILES string of the molecule is O=S1(=O)CCC2(CC1)Nc1cc(Cl)c(Cl)cc1N=C2NCc1ccccc1. The molecule has 2 aliphatic rings. The Morgan fingerprint density at radius 1 is 1.07 bits per heavy atom. The second-order valence-corrected chi connectivity index (χ2v) is 10.1. The number of nitrogens with zero attached hydrogens (tertiary/aromatic N) is 1. The van der Waals surface area contributed by atoms with Gasteiger partial charge in [0.2, 0.25) is 0 Å². The molecule has 0 radical (unpaired) electrons. The molecule has 0 atom stereocenters. The summed E-state index contributed by atoms with van der Waals surface area (Å²) >= 11 is 12.3. The molecule has 2 heterocycles. The lowest BCUT2D eigenvalue weighted by Crippen LogP contribution is -2.57. The Morgan fingerprint density at radius 2 is 1.74 bits per heavy atom.